The van der Waals surface area contributed by atoms with Gasteiger partial charge in [0.15, 0.2) is 10.8 Å². The van der Waals surface area contributed by atoms with Gasteiger partial charge < -0.3 is 15.3 Å². The predicted octanol–water partition coefficient (Wildman–Crippen LogP) is 1.64. The summed E-state index contributed by atoms with van der Waals surface area (Å²) in [5.74, 6) is 0.232. The van der Waals surface area contributed by atoms with E-state index in [2.05, 4.69) is 36.4 Å². The molecule has 1 amide bonds. The van der Waals surface area contributed by atoms with Gasteiger partial charge in [-0.25, -0.2) is 15.0 Å². The third-order valence-electron chi connectivity index (χ3n) is 4.37. The average molecular weight is 384 g/mol. The Morgan fingerprint density at radius 2 is 2.22 bits per heavy atom. The number of nitrogens with zero attached hydrogens (tertiary/aromatic N) is 5. The van der Waals surface area contributed by atoms with Crippen molar-refractivity contribution in [1.82, 2.24) is 20.3 Å². The minimum atomic E-state index is -0.875. The number of nitroso groups, excluding NO2 is 1. The Hall–Kier alpha value is -2.98. The molecule has 4 rings (SSSR count). The first-order valence-electron chi connectivity index (χ1n) is 8.39. The molecule has 9 nitrogen and oxygen atoms in total. The molecule has 1 aliphatic heterocycles. The first-order chi connectivity index (χ1) is 13.2. The minimum Gasteiger partial charge on any atom is -0.394 e. The number of para-hydroxylation sites is 1. The third-order valence-corrected chi connectivity index (χ3v) is 5.33. The molecule has 0 bridgehead atoms. The van der Waals surface area contributed by atoms with Crippen LogP contribution in [0.3, 0.4) is 0 Å². The van der Waals surface area contributed by atoms with E-state index in [1.54, 1.807) is 0 Å². The Bertz CT molecular complexity index is 1010. The second-order valence-corrected chi connectivity index (χ2v) is 7.03. The molecule has 0 saturated carbocycles. The molecule has 0 fully saturated rings. The number of hydrogen-bond donors (Lipinski definition) is 2. The van der Waals surface area contributed by atoms with E-state index >= 15 is 0 Å². The lowest BCUT2D eigenvalue weighted by Gasteiger charge is -2.18. The topological polar surface area (TPSA) is 121 Å². The largest absolute Gasteiger partial charge is 0.394 e. The number of aliphatic hydroxyl groups is 1. The molecule has 1 aliphatic rings. The fourth-order valence-electron chi connectivity index (χ4n) is 3.02. The van der Waals surface area contributed by atoms with E-state index < -0.39 is 18.6 Å². The monoisotopic (exact) mass is 384 g/mol. The van der Waals surface area contributed by atoms with Gasteiger partial charge in [0, 0.05) is 18.8 Å². The number of hydrogen-bond acceptors (Lipinski definition) is 9. The smallest absolute Gasteiger partial charge is 0.280 e. The highest BCUT2D eigenvalue weighted by molar-refractivity contribution is 7.19. The standard InChI is InChI=1S/C17H16N6O3S/c24-8-11(22-26)7-18-15(25)17-21-13-14(19-9-20-16(13)27-17)23-6-5-10-3-1-2-4-12(10)23/h1-4,9,11,24H,5-8H2,(H,18,25). The number of carbonyl (C=O) groups excluding carboxylic acids is 1. The average Bonchev–Trinajstić information content (AvgIpc) is 3.32. The Morgan fingerprint density at radius 1 is 1.37 bits per heavy atom. The van der Waals surface area contributed by atoms with Gasteiger partial charge in [-0.3, -0.25) is 4.79 Å². The number of amides is 1. The summed E-state index contributed by atoms with van der Waals surface area (Å²) >= 11 is 1.15. The molecule has 3 aromatic rings. The highest BCUT2D eigenvalue weighted by atomic mass is 32.1. The highest BCUT2D eigenvalue weighted by Gasteiger charge is 2.25. The lowest BCUT2D eigenvalue weighted by atomic mass is 10.2. The van der Waals surface area contributed by atoms with Crippen molar-refractivity contribution in [2.24, 2.45) is 5.18 Å². The molecule has 0 spiro atoms. The number of anilines is 2. The highest BCUT2D eigenvalue weighted by Crippen LogP contribution is 2.36. The summed E-state index contributed by atoms with van der Waals surface area (Å²) in [6.45, 7) is 0.314. The first-order valence-corrected chi connectivity index (χ1v) is 9.21. The maximum absolute atomic E-state index is 12.3. The van der Waals surface area contributed by atoms with Gasteiger partial charge >= 0.3 is 0 Å². The van der Waals surface area contributed by atoms with Crippen LogP contribution in [0.5, 0.6) is 0 Å². The molecular formula is C17H16N6O3S. The van der Waals surface area contributed by atoms with Gasteiger partial charge in [-0.2, -0.15) is 4.91 Å². The molecule has 2 N–H and O–H groups in total. The summed E-state index contributed by atoms with van der Waals surface area (Å²) in [6, 6.07) is 7.24. The maximum Gasteiger partial charge on any atom is 0.280 e. The van der Waals surface area contributed by atoms with Crippen molar-refractivity contribution in [2.45, 2.75) is 12.5 Å². The molecule has 1 unspecified atom stereocenters. The van der Waals surface area contributed by atoms with Crippen LogP contribution in [-0.4, -0.2) is 51.7 Å². The van der Waals surface area contributed by atoms with Crippen LogP contribution in [-0.2, 0) is 6.42 Å². The molecule has 27 heavy (non-hydrogen) atoms. The fraction of sp³-hybridized carbons (Fsp3) is 0.294. The number of carbonyl (C=O) groups is 1. The van der Waals surface area contributed by atoms with Gasteiger partial charge in [0.05, 0.1) is 6.61 Å². The van der Waals surface area contributed by atoms with Gasteiger partial charge in [-0.1, -0.05) is 34.7 Å². The molecule has 0 radical (unpaired) electrons. The van der Waals surface area contributed by atoms with Crippen molar-refractivity contribution in [3.05, 3.63) is 46.1 Å². The van der Waals surface area contributed by atoms with Gasteiger partial charge in [0.25, 0.3) is 5.91 Å². The normalized spacial score (nSPS) is 14.2. The zero-order chi connectivity index (χ0) is 18.8. The van der Waals surface area contributed by atoms with Crippen molar-refractivity contribution >= 4 is 39.1 Å². The number of nitrogens with one attached hydrogen (secondary N) is 1. The first kappa shape index (κ1) is 17.4. The van der Waals surface area contributed by atoms with Gasteiger partial charge in [-0.05, 0) is 18.1 Å². The van der Waals surface area contributed by atoms with E-state index in [1.165, 1.54) is 11.9 Å². The van der Waals surface area contributed by atoms with Crippen molar-refractivity contribution in [3.8, 4) is 0 Å². The molecule has 138 valence electrons. The van der Waals surface area contributed by atoms with Gasteiger partial charge in [-0.15, -0.1) is 0 Å². The zero-order valence-electron chi connectivity index (χ0n) is 14.2. The fourth-order valence-corrected chi connectivity index (χ4v) is 3.83. The lowest BCUT2D eigenvalue weighted by molar-refractivity contribution is 0.0948. The number of rotatable bonds is 6. The van der Waals surface area contributed by atoms with Crippen LogP contribution in [0, 0.1) is 4.91 Å². The lowest BCUT2D eigenvalue weighted by Crippen LogP contribution is -2.32. The maximum atomic E-state index is 12.3. The number of benzene rings is 1. The molecule has 0 saturated heterocycles. The molecular weight excluding hydrogens is 368 g/mol. The van der Waals surface area contributed by atoms with E-state index in [0.29, 0.717) is 16.2 Å². The van der Waals surface area contributed by atoms with Crippen LogP contribution in [0.4, 0.5) is 11.5 Å². The van der Waals surface area contributed by atoms with E-state index in [9.17, 15) is 9.70 Å². The van der Waals surface area contributed by atoms with Crippen LogP contribution in [0.15, 0.2) is 35.8 Å². The Morgan fingerprint density at radius 3 is 3.04 bits per heavy atom. The summed E-state index contributed by atoms with van der Waals surface area (Å²) in [4.78, 5) is 38.6. The van der Waals surface area contributed by atoms with Crippen LogP contribution in [0.25, 0.3) is 10.3 Å². The Labute approximate surface area is 158 Å². The Kier molecular flexibility index (Phi) is 4.73. The number of aliphatic hydroxyl groups excluding tert-OH is 1. The molecule has 1 atom stereocenters. The summed E-state index contributed by atoms with van der Waals surface area (Å²) in [6.07, 6.45) is 2.39. The SMILES string of the molecule is O=NC(CO)CNC(=O)c1nc2c(N3CCc4ccccc43)ncnc2s1. The number of thiazole rings is 1. The van der Waals surface area contributed by atoms with Gasteiger partial charge in [0.2, 0.25) is 0 Å². The number of fused-ring (bicyclic) bond motifs is 2. The Balaban J connectivity index is 1.63. The van der Waals surface area contributed by atoms with Crippen LogP contribution >= 0.6 is 11.3 Å². The van der Waals surface area contributed by atoms with Crippen molar-refractivity contribution in [2.75, 3.05) is 24.6 Å². The van der Waals surface area contributed by atoms with Crippen molar-refractivity contribution in [3.63, 3.8) is 0 Å². The quantitative estimate of drug-likeness (QED) is 0.620. The second kappa shape index (κ2) is 7.33. The molecule has 0 aliphatic carbocycles. The summed E-state index contributed by atoms with van der Waals surface area (Å²) in [5, 5.41) is 14.5. The summed E-state index contributed by atoms with van der Waals surface area (Å²) in [5.41, 5.74) is 2.89. The van der Waals surface area contributed by atoms with Crippen LogP contribution < -0.4 is 10.2 Å². The van der Waals surface area contributed by atoms with Gasteiger partial charge in [0.1, 0.15) is 22.7 Å². The zero-order valence-corrected chi connectivity index (χ0v) is 15.0. The van der Waals surface area contributed by atoms with E-state index in [1.807, 2.05) is 18.2 Å². The molecule has 3 heterocycles. The van der Waals surface area contributed by atoms with Crippen LogP contribution in [0.1, 0.15) is 15.4 Å². The van der Waals surface area contributed by atoms with E-state index in [0.717, 1.165) is 30.0 Å². The van der Waals surface area contributed by atoms with Crippen molar-refractivity contribution < 1.29 is 9.90 Å². The van der Waals surface area contributed by atoms with E-state index in [4.69, 9.17) is 5.11 Å². The second-order valence-electron chi connectivity index (χ2n) is 6.05. The predicted molar refractivity (Wildman–Crippen MR) is 101 cm³/mol. The third kappa shape index (κ3) is 3.24. The van der Waals surface area contributed by atoms with Crippen LogP contribution in [0.2, 0.25) is 0 Å². The molecule has 10 heteroatoms. The minimum absolute atomic E-state index is 0.0488. The molecule has 2 aromatic heterocycles. The van der Waals surface area contributed by atoms with Crippen molar-refractivity contribution in [1.29, 1.82) is 0 Å². The van der Waals surface area contributed by atoms with E-state index in [-0.39, 0.29) is 11.6 Å². The molecule has 1 aromatic carbocycles. The summed E-state index contributed by atoms with van der Waals surface area (Å²) in [7, 11) is 0. The number of aromatic nitrogens is 3. The summed E-state index contributed by atoms with van der Waals surface area (Å²) < 4.78 is 0.